The second kappa shape index (κ2) is 12.9. The number of para-hydroxylation sites is 1. The first-order chi connectivity index (χ1) is 18.2. The average molecular weight is 683 g/mol. The Morgan fingerprint density at radius 2 is 1.79 bits per heavy atom. The van der Waals surface area contributed by atoms with Crippen molar-refractivity contribution in [2.75, 3.05) is 18.5 Å². The SMILES string of the molecule is CCOc1cc(/C=C2/SC(=O)N(CC(=O)Nc3ccccc3Cl)C2=O)cc(Cl)c1OCc1ccc(I)cc1. The van der Waals surface area contributed by atoms with E-state index < -0.39 is 23.6 Å². The molecule has 3 amide bonds. The van der Waals surface area contributed by atoms with E-state index in [1.165, 1.54) is 6.08 Å². The predicted octanol–water partition coefficient (Wildman–Crippen LogP) is 7.25. The molecule has 1 aliphatic heterocycles. The number of benzene rings is 3. The highest BCUT2D eigenvalue weighted by Gasteiger charge is 2.36. The summed E-state index contributed by atoms with van der Waals surface area (Å²) >= 11 is 15.6. The molecular weight excluding hydrogens is 662 g/mol. The molecule has 1 saturated heterocycles. The monoisotopic (exact) mass is 682 g/mol. The Labute approximate surface area is 247 Å². The van der Waals surface area contributed by atoms with Gasteiger partial charge in [0.2, 0.25) is 5.91 Å². The minimum absolute atomic E-state index is 0.159. The number of hydrogen-bond acceptors (Lipinski definition) is 6. The van der Waals surface area contributed by atoms with Gasteiger partial charge in [0.1, 0.15) is 13.2 Å². The van der Waals surface area contributed by atoms with Gasteiger partial charge in [0.25, 0.3) is 11.1 Å². The van der Waals surface area contributed by atoms with Crippen LogP contribution >= 0.6 is 57.6 Å². The van der Waals surface area contributed by atoms with Gasteiger partial charge in [0, 0.05) is 3.57 Å². The zero-order chi connectivity index (χ0) is 27.2. The molecule has 38 heavy (non-hydrogen) atoms. The van der Waals surface area contributed by atoms with Crippen LogP contribution in [0.15, 0.2) is 65.6 Å². The van der Waals surface area contributed by atoms with Gasteiger partial charge in [-0.2, -0.15) is 0 Å². The molecule has 1 aliphatic rings. The molecule has 7 nitrogen and oxygen atoms in total. The van der Waals surface area contributed by atoms with Crippen molar-refractivity contribution in [3.8, 4) is 11.5 Å². The van der Waals surface area contributed by atoms with Crippen LogP contribution in [0.1, 0.15) is 18.1 Å². The number of nitrogens with one attached hydrogen (secondary N) is 1. The molecule has 1 N–H and O–H groups in total. The number of amides is 3. The Kier molecular flexibility index (Phi) is 9.59. The molecule has 0 atom stereocenters. The molecule has 0 bridgehead atoms. The molecule has 3 aromatic rings. The third-order valence-electron chi connectivity index (χ3n) is 5.25. The lowest BCUT2D eigenvalue weighted by molar-refractivity contribution is -0.127. The van der Waals surface area contributed by atoms with Gasteiger partial charge in [-0.05, 0) is 94.9 Å². The van der Waals surface area contributed by atoms with Crippen LogP contribution in [0.25, 0.3) is 6.08 Å². The molecule has 196 valence electrons. The molecular formula is C27H21Cl2IN2O5S. The van der Waals surface area contributed by atoms with Crippen molar-refractivity contribution in [2.24, 2.45) is 0 Å². The minimum atomic E-state index is -0.581. The van der Waals surface area contributed by atoms with Gasteiger partial charge in [0.15, 0.2) is 11.5 Å². The molecule has 0 radical (unpaired) electrons. The lowest BCUT2D eigenvalue weighted by atomic mass is 10.1. The summed E-state index contributed by atoms with van der Waals surface area (Å²) < 4.78 is 12.8. The molecule has 4 rings (SSSR count). The van der Waals surface area contributed by atoms with Crippen molar-refractivity contribution in [2.45, 2.75) is 13.5 Å². The number of ether oxygens (including phenoxy) is 2. The Morgan fingerprint density at radius 1 is 1.05 bits per heavy atom. The van der Waals surface area contributed by atoms with E-state index in [1.807, 2.05) is 31.2 Å². The third-order valence-corrected chi connectivity index (χ3v) is 7.49. The summed E-state index contributed by atoms with van der Waals surface area (Å²) in [6, 6.07) is 17.9. The van der Waals surface area contributed by atoms with Crippen molar-refractivity contribution in [3.63, 3.8) is 0 Å². The Bertz CT molecular complexity index is 1420. The van der Waals surface area contributed by atoms with E-state index in [1.54, 1.807) is 36.4 Å². The van der Waals surface area contributed by atoms with Gasteiger partial charge in [-0.15, -0.1) is 0 Å². The first-order valence-corrected chi connectivity index (χ1v) is 14.0. The largest absolute Gasteiger partial charge is 0.490 e. The molecule has 1 heterocycles. The van der Waals surface area contributed by atoms with E-state index in [-0.39, 0.29) is 4.91 Å². The van der Waals surface area contributed by atoms with E-state index in [2.05, 4.69) is 27.9 Å². The van der Waals surface area contributed by atoms with Gasteiger partial charge in [-0.3, -0.25) is 19.3 Å². The number of hydrogen-bond donors (Lipinski definition) is 1. The molecule has 3 aromatic carbocycles. The number of rotatable bonds is 9. The van der Waals surface area contributed by atoms with Gasteiger partial charge in [-0.25, -0.2) is 0 Å². The highest BCUT2D eigenvalue weighted by Crippen LogP contribution is 2.39. The Hall–Kier alpha value is -2.73. The summed E-state index contributed by atoms with van der Waals surface area (Å²) in [6.45, 7) is 2.06. The molecule has 0 spiro atoms. The second-order valence-electron chi connectivity index (χ2n) is 7.97. The van der Waals surface area contributed by atoms with Crippen molar-refractivity contribution in [3.05, 3.63) is 90.3 Å². The summed E-state index contributed by atoms with van der Waals surface area (Å²) in [6.07, 6.45) is 1.54. The summed E-state index contributed by atoms with van der Waals surface area (Å²) in [7, 11) is 0. The fourth-order valence-corrected chi connectivity index (χ4v) is 5.15. The number of anilines is 1. The van der Waals surface area contributed by atoms with E-state index in [0.717, 1.165) is 25.8 Å². The fraction of sp³-hybridized carbons (Fsp3) is 0.148. The summed E-state index contributed by atoms with van der Waals surface area (Å²) in [4.78, 5) is 39.0. The van der Waals surface area contributed by atoms with Crippen LogP contribution in [-0.2, 0) is 16.2 Å². The smallest absolute Gasteiger partial charge is 0.294 e. The number of carbonyl (C=O) groups is 3. The molecule has 1 fully saturated rings. The first-order valence-electron chi connectivity index (χ1n) is 11.4. The quantitative estimate of drug-likeness (QED) is 0.189. The third kappa shape index (κ3) is 7.02. The van der Waals surface area contributed by atoms with Crippen LogP contribution in [0.3, 0.4) is 0 Å². The standard InChI is InChI=1S/C27H21Cl2IN2O5S/c1-2-36-22-12-17(11-20(29)25(22)37-15-16-7-9-18(30)10-8-16)13-23-26(34)32(27(35)38-23)14-24(33)31-21-6-4-3-5-19(21)28/h3-13H,2,14-15H2,1H3,(H,31,33)/b23-13+. The molecule has 0 aromatic heterocycles. The van der Waals surface area contributed by atoms with Crippen molar-refractivity contribution >= 4 is 86.4 Å². The number of thioether (sulfide) groups is 1. The predicted molar refractivity (Wildman–Crippen MR) is 159 cm³/mol. The van der Waals surface area contributed by atoms with Crippen molar-refractivity contribution in [1.29, 1.82) is 0 Å². The maximum Gasteiger partial charge on any atom is 0.294 e. The van der Waals surface area contributed by atoms with Crippen LogP contribution < -0.4 is 14.8 Å². The summed E-state index contributed by atoms with van der Waals surface area (Å²) in [5.74, 6) is -0.330. The van der Waals surface area contributed by atoms with Crippen molar-refractivity contribution < 1.29 is 23.9 Å². The maximum absolute atomic E-state index is 12.9. The Morgan fingerprint density at radius 3 is 2.50 bits per heavy atom. The van der Waals surface area contributed by atoms with Crippen LogP contribution in [0.2, 0.25) is 10.0 Å². The normalized spacial score (nSPS) is 14.2. The van der Waals surface area contributed by atoms with Crippen LogP contribution in [0.4, 0.5) is 10.5 Å². The minimum Gasteiger partial charge on any atom is -0.490 e. The van der Waals surface area contributed by atoms with Gasteiger partial charge in [0.05, 0.1) is 27.2 Å². The van der Waals surface area contributed by atoms with E-state index in [4.69, 9.17) is 32.7 Å². The molecule has 0 unspecified atom stereocenters. The summed E-state index contributed by atoms with van der Waals surface area (Å²) in [5.41, 5.74) is 1.91. The number of halogens is 3. The van der Waals surface area contributed by atoms with Gasteiger partial charge in [-0.1, -0.05) is 47.5 Å². The number of carbonyl (C=O) groups excluding carboxylic acids is 3. The maximum atomic E-state index is 12.9. The van der Waals surface area contributed by atoms with E-state index in [9.17, 15) is 14.4 Å². The van der Waals surface area contributed by atoms with Crippen LogP contribution in [0.5, 0.6) is 11.5 Å². The van der Waals surface area contributed by atoms with Crippen LogP contribution in [0, 0.1) is 3.57 Å². The van der Waals surface area contributed by atoms with Gasteiger partial charge >= 0.3 is 0 Å². The molecule has 0 aliphatic carbocycles. The zero-order valence-electron chi connectivity index (χ0n) is 20.0. The topological polar surface area (TPSA) is 84.9 Å². The average Bonchev–Trinajstić information content (AvgIpc) is 3.13. The van der Waals surface area contributed by atoms with E-state index in [0.29, 0.717) is 46.0 Å². The fourth-order valence-electron chi connectivity index (χ4n) is 3.49. The molecule has 11 heteroatoms. The second-order valence-corrected chi connectivity index (χ2v) is 11.0. The first kappa shape index (κ1) is 28.3. The number of imide groups is 1. The zero-order valence-corrected chi connectivity index (χ0v) is 24.5. The summed E-state index contributed by atoms with van der Waals surface area (Å²) in [5, 5.41) is 2.71. The Balaban J connectivity index is 1.49. The van der Waals surface area contributed by atoms with E-state index >= 15 is 0 Å². The highest BCUT2D eigenvalue weighted by molar-refractivity contribution is 14.1. The lowest BCUT2D eigenvalue weighted by Crippen LogP contribution is -2.36. The molecule has 0 saturated carbocycles. The lowest BCUT2D eigenvalue weighted by Gasteiger charge is -2.15. The van der Waals surface area contributed by atoms with Gasteiger partial charge < -0.3 is 14.8 Å². The van der Waals surface area contributed by atoms with Crippen molar-refractivity contribution in [1.82, 2.24) is 4.90 Å². The number of nitrogens with zero attached hydrogens (tertiary/aromatic N) is 1. The van der Waals surface area contributed by atoms with Crippen LogP contribution in [-0.4, -0.2) is 35.1 Å². The highest BCUT2D eigenvalue weighted by atomic mass is 127.